The Hall–Kier alpha value is -1.71. The van der Waals surface area contributed by atoms with E-state index in [0.717, 1.165) is 29.9 Å². The van der Waals surface area contributed by atoms with Crippen molar-refractivity contribution in [3.63, 3.8) is 0 Å². The number of amidine groups is 1. The summed E-state index contributed by atoms with van der Waals surface area (Å²) < 4.78 is 0. The highest BCUT2D eigenvalue weighted by molar-refractivity contribution is 6.02. The second-order valence-electron chi connectivity index (χ2n) is 3.68. The van der Waals surface area contributed by atoms with Gasteiger partial charge in [-0.2, -0.15) is 0 Å². The predicted molar refractivity (Wildman–Crippen MR) is 67.3 cm³/mol. The van der Waals surface area contributed by atoms with Crippen molar-refractivity contribution in [2.45, 2.75) is 20.8 Å². The van der Waals surface area contributed by atoms with Crippen LogP contribution in [0.5, 0.6) is 0 Å². The Bertz CT molecular complexity index is 384. The number of hydrogen-bond donors (Lipinski definition) is 2. The normalized spacial score (nSPS) is 11.6. The van der Waals surface area contributed by atoms with Gasteiger partial charge in [-0.05, 0) is 32.9 Å². The lowest BCUT2D eigenvalue weighted by Crippen LogP contribution is -2.26. The number of aryl methyl sites for hydroxylation is 1. The molecule has 88 valence electrons. The molecule has 0 radical (unpaired) electrons. The van der Waals surface area contributed by atoms with E-state index in [4.69, 9.17) is 10.9 Å². The Morgan fingerprint density at radius 1 is 1.38 bits per heavy atom. The topological polar surface area (TPSA) is 61.8 Å². The third-order valence-electron chi connectivity index (χ3n) is 2.64. The summed E-state index contributed by atoms with van der Waals surface area (Å²) in [5.74, 6) is 0.158. The standard InChI is InChI=1S/C12H19N3O/c1-4-15(5-2)11-7-6-9(3)8-10(11)12(13)14-16/h6-8,16H,4-5H2,1-3H3,(H2,13,14). The molecule has 3 N–H and O–H groups in total. The maximum Gasteiger partial charge on any atom is 0.172 e. The van der Waals surface area contributed by atoms with E-state index >= 15 is 0 Å². The van der Waals surface area contributed by atoms with E-state index in [-0.39, 0.29) is 5.84 Å². The molecule has 0 saturated heterocycles. The van der Waals surface area contributed by atoms with Crippen molar-refractivity contribution in [2.24, 2.45) is 10.9 Å². The van der Waals surface area contributed by atoms with Crippen molar-refractivity contribution in [1.29, 1.82) is 0 Å². The van der Waals surface area contributed by atoms with Crippen LogP contribution in [0.25, 0.3) is 0 Å². The quantitative estimate of drug-likeness (QED) is 0.353. The first-order chi connectivity index (χ1) is 7.63. The number of benzene rings is 1. The van der Waals surface area contributed by atoms with Crippen LogP contribution in [0.4, 0.5) is 5.69 Å². The molecule has 0 saturated carbocycles. The maximum absolute atomic E-state index is 8.78. The van der Waals surface area contributed by atoms with Crippen molar-refractivity contribution in [3.05, 3.63) is 29.3 Å². The summed E-state index contributed by atoms with van der Waals surface area (Å²) in [5, 5.41) is 11.9. The Labute approximate surface area is 96.4 Å². The molecule has 0 unspecified atom stereocenters. The molecule has 4 nitrogen and oxygen atoms in total. The van der Waals surface area contributed by atoms with Crippen LogP contribution in [0.1, 0.15) is 25.0 Å². The minimum atomic E-state index is 0.158. The first-order valence-corrected chi connectivity index (χ1v) is 5.47. The third-order valence-corrected chi connectivity index (χ3v) is 2.64. The van der Waals surface area contributed by atoms with Gasteiger partial charge in [-0.1, -0.05) is 16.8 Å². The highest BCUT2D eigenvalue weighted by Gasteiger charge is 2.11. The van der Waals surface area contributed by atoms with E-state index in [0.29, 0.717) is 0 Å². The van der Waals surface area contributed by atoms with Crippen LogP contribution in [0, 0.1) is 6.92 Å². The van der Waals surface area contributed by atoms with Gasteiger partial charge in [0.2, 0.25) is 0 Å². The summed E-state index contributed by atoms with van der Waals surface area (Å²) in [4.78, 5) is 2.17. The van der Waals surface area contributed by atoms with Crippen LogP contribution >= 0.6 is 0 Å². The molecule has 1 aromatic rings. The fraction of sp³-hybridized carbons (Fsp3) is 0.417. The van der Waals surface area contributed by atoms with Crippen LogP contribution in [0.3, 0.4) is 0 Å². The molecule has 0 aromatic heterocycles. The predicted octanol–water partition coefficient (Wildman–Crippen LogP) is 1.94. The molecule has 0 spiro atoms. The zero-order valence-corrected chi connectivity index (χ0v) is 10.1. The molecular weight excluding hydrogens is 202 g/mol. The van der Waals surface area contributed by atoms with E-state index in [1.54, 1.807) is 0 Å². The highest BCUT2D eigenvalue weighted by Crippen LogP contribution is 2.21. The zero-order valence-electron chi connectivity index (χ0n) is 10.1. The van der Waals surface area contributed by atoms with E-state index < -0.39 is 0 Å². The fourth-order valence-corrected chi connectivity index (χ4v) is 1.75. The van der Waals surface area contributed by atoms with Gasteiger partial charge in [0.25, 0.3) is 0 Å². The lowest BCUT2D eigenvalue weighted by atomic mass is 10.1. The van der Waals surface area contributed by atoms with Crippen LogP contribution in [0.15, 0.2) is 23.4 Å². The molecule has 1 aromatic carbocycles. The van der Waals surface area contributed by atoms with Gasteiger partial charge in [-0.3, -0.25) is 0 Å². The number of anilines is 1. The average molecular weight is 221 g/mol. The molecule has 4 heteroatoms. The van der Waals surface area contributed by atoms with Crippen molar-refractivity contribution < 1.29 is 5.21 Å². The number of nitrogens with two attached hydrogens (primary N) is 1. The van der Waals surface area contributed by atoms with E-state index in [1.165, 1.54) is 0 Å². The van der Waals surface area contributed by atoms with Crippen LogP contribution < -0.4 is 10.6 Å². The van der Waals surface area contributed by atoms with Gasteiger partial charge in [0, 0.05) is 24.3 Å². The molecule has 0 aliphatic rings. The van der Waals surface area contributed by atoms with E-state index in [2.05, 4.69) is 23.9 Å². The van der Waals surface area contributed by atoms with Gasteiger partial charge in [-0.15, -0.1) is 0 Å². The lowest BCUT2D eigenvalue weighted by Gasteiger charge is -2.24. The van der Waals surface area contributed by atoms with E-state index in [9.17, 15) is 0 Å². The Balaban J connectivity index is 3.27. The molecule has 1 rings (SSSR count). The molecule has 0 atom stereocenters. The first kappa shape index (κ1) is 12.4. The molecule has 16 heavy (non-hydrogen) atoms. The van der Waals surface area contributed by atoms with Gasteiger partial charge < -0.3 is 15.8 Å². The lowest BCUT2D eigenvalue weighted by molar-refractivity contribution is 0.318. The van der Waals surface area contributed by atoms with Gasteiger partial charge in [0.15, 0.2) is 5.84 Å². The molecule has 0 amide bonds. The highest BCUT2D eigenvalue weighted by atomic mass is 16.4. The SMILES string of the molecule is CCN(CC)c1ccc(C)cc1/C(N)=N/O. The van der Waals surface area contributed by atoms with E-state index in [1.807, 2.05) is 25.1 Å². The minimum absolute atomic E-state index is 0.158. The van der Waals surface area contributed by atoms with Crippen LogP contribution in [0.2, 0.25) is 0 Å². The minimum Gasteiger partial charge on any atom is -0.409 e. The van der Waals surface area contributed by atoms with Gasteiger partial charge >= 0.3 is 0 Å². The largest absolute Gasteiger partial charge is 0.409 e. The fourth-order valence-electron chi connectivity index (χ4n) is 1.75. The summed E-state index contributed by atoms with van der Waals surface area (Å²) in [6, 6.07) is 5.97. The van der Waals surface area contributed by atoms with Crippen molar-refractivity contribution >= 4 is 11.5 Å². The number of oxime groups is 1. The summed E-state index contributed by atoms with van der Waals surface area (Å²) in [6.45, 7) is 7.94. The number of rotatable bonds is 4. The maximum atomic E-state index is 8.78. The Morgan fingerprint density at radius 3 is 2.50 bits per heavy atom. The smallest absolute Gasteiger partial charge is 0.172 e. The Kier molecular flexibility index (Phi) is 4.17. The average Bonchev–Trinajstić information content (AvgIpc) is 2.31. The third kappa shape index (κ3) is 2.45. The summed E-state index contributed by atoms with van der Waals surface area (Å²) in [5.41, 5.74) is 8.57. The van der Waals surface area contributed by atoms with Crippen LogP contribution in [-0.2, 0) is 0 Å². The molecule has 0 bridgehead atoms. The number of nitrogens with zero attached hydrogens (tertiary/aromatic N) is 2. The second-order valence-corrected chi connectivity index (χ2v) is 3.68. The first-order valence-electron chi connectivity index (χ1n) is 5.47. The zero-order chi connectivity index (χ0) is 12.1. The summed E-state index contributed by atoms with van der Waals surface area (Å²) in [6.07, 6.45) is 0. The molecule has 0 heterocycles. The van der Waals surface area contributed by atoms with Crippen LogP contribution in [-0.4, -0.2) is 24.1 Å². The summed E-state index contributed by atoms with van der Waals surface area (Å²) >= 11 is 0. The van der Waals surface area contributed by atoms with Gasteiger partial charge in [0.05, 0.1) is 0 Å². The molecule has 0 aliphatic carbocycles. The molecule has 0 aliphatic heterocycles. The van der Waals surface area contributed by atoms with Crippen molar-refractivity contribution in [3.8, 4) is 0 Å². The molecular formula is C12H19N3O. The molecule has 0 fully saturated rings. The van der Waals surface area contributed by atoms with Gasteiger partial charge in [0.1, 0.15) is 0 Å². The second kappa shape index (κ2) is 5.39. The summed E-state index contributed by atoms with van der Waals surface area (Å²) in [7, 11) is 0. The number of hydrogen-bond acceptors (Lipinski definition) is 3. The van der Waals surface area contributed by atoms with Gasteiger partial charge in [-0.25, -0.2) is 0 Å². The van der Waals surface area contributed by atoms with Crippen molar-refractivity contribution in [2.75, 3.05) is 18.0 Å². The van der Waals surface area contributed by atoms with Crippen molar-refractivity contribution in [1.82, 2.24) is 0 Å². The Morgan fingerprint density at radius 2 is 2.00 bits per heavy atom. The monoisotopic (exact) mass is 221 g/mol.